The van der Waals surface area contributed by atoms with Gasteiger partial charge in [0.05, 0.1) is 35.2 Å². The maximum atomic E-state index is 13.3. The van der Waals surface area contributed by atoms with E-state index < -0.39 is 88.2 Å². The maximum absolute atomic E-state index is 13.3. The molecule has 2 aliphatic carbocycles. The molecule has 0 radical (unpaired) electrons. The summed E-state index contributed by atoms with van der Waals surface area (Å²) in [7, 11) is 0. The number of rotatable bonds is 0. The minimum absolute atomic E-state index is 0.107. The Morgan fingerprint density at radius 2 is 1.76 bits per heavy atom. The molecular weight excluding hydrogens is 384 g/mol. The SMILES string of the molecule is C[C@@H]1C(=O)OC2C1C13OC4OC(=O)CC45[C@H](C(C)(C)C)[C@@H](O)C(OC1=O)C35[C@H]2O. The van der Waals surface area contributed by atoms with Gasteiger partial charge in [-0.25, -0.2) is 4.79 Å². The van der Waals surface area contributed by atoms with Crippen molar-refractivity contribution in [1.82, 2.24) is 0 Å². The molecule has 2 N–H and O–H groups in total. The molecule has 2 spiro atoms. The summed E-state index contributed by atoms with van der Waals surface area (Å²) in [6.45, 7) is 7.43. The maximum Gasteiger partial charge on any atom is 0.340 e. The third kappa shape index (κ3) is 1.43. The van der Waals surface area contributed by atoms with E-state index in [0.717, 1.165) is 0 Å². The van der Waals surface area contributed by atoms with Crippen LogP contribution in [0.2, 0.25) is 0 Å². The van der Waals surface area contributed by atoms with Crippen LogP contribution >= 0.6 is 0 Å². The monoisotopic (exact) mass is 408 g/mol. The van der Waals surface area contributed by atoms with Gasteiger partial charge < -0.3 is 29.2 Å². The van der Waals surface area contributed by atoms with Gasteiger partial charge in [0.2, 0.25) is 6.29 Å². The summed E-state index contributed by atoms with van der Waals surface area (Å²) in [5.41, 5.74) is -4.83. The van der Waals surface area contributed by atoms with E-state index in [4.69, 9.17) is 18.9 Å². The van der Waals surface area contributed by atoms with Crippen molar-refractivity contribution >= 4 is 17.9 Å². The highest BCUT2D eigenvalue weighted by atomic mass is 16.7. The van der Waals surface area contributed by atoms with Gasteiger partial charge in [0.1, 0.15) is 18.3 Å². The predicted molar refractivity (Wildman–Crippen MR) is 90.6 cm³/mol. The van der Waals surface area contributed by atoms with Gasteiger partial charge in [-0.05, 0) is 5.41 Å². The van der Waals surface area contributed by atoms with Crippen LogP contribution in [0.5, 0.6) is 0 Å². The van der Waals surface area contributed by atoms with Crippen molar-refractivity contribution in [2.45, 2.75) is 70.4 Å². The van der Waals surface area contributed by atoms with Gasteiger partial charge in [-0.2, -0.15) is 0 Å². The molecule has 0 aromatic heterocycles. The number of carbonyl (C=O) groups is 3. The van der Waals surface area contributed by atoms with Gasteiger partial charge >= 0.3 is 17.9 Å². The molecule has 4 saturated heterocycles. The standard InChI is InChI=1S/C20H24O9/c1-6-8-10(27-14(6)24)12(23)19-13-9(22)11(17(2,3)4)18(19)5-7(21)26-16(18)29-20(8,19)15(25)28-13/h6,8-13,16,22-23H,5H2,1-4H3/t6-,8?,9+,10?,11-,12-,13?,16?,18?,19?,20?/m0/s1. The lowest BCUT2D eigenvalue weighted by molar-refractivity contribution is -0.207. The first-order valence-electron chi connectivity index (χ1n) is 10.1. The number of hydrogen-bond donors (Lipinski definition) is 2. The van der Waals surface area contributed by atoms with Crippen LogP contribution in [0.3, 0.4) is 0 Å². The molecule has 6 rings (SSSR count). The molecule has 4 aliphatic heterocycles. The van der Waals surface area contributed by atoms with Crippen molar-refractivity contribution in [1.29, 1.82) is 0 Å². The minimum atomic E-state index is -1.71. The van der Waals surface area contributed by atoms with Crippen LogP contribution in [0.15, 0.2) is 0 Å². The second-order valence-electron chi connectivity index (χ2n) is 10.6. The fourth-order valence-corrected chi connectivity index (χ4v) is 8.28. The average Bonchev–Trinajstić information content (AvgIpc) is 3.30. The zero-order chi connectivity index (χ0) is 20.9. The van der Waals surface area contributed by atoms with E-state index in [1.165, 1.54) is 0 Å². The van der Waals surface area contributed by atoms with E-state index in [-0.39, 0.29) is 6.42 Å². The van der Waals surface area contributed by atoms with E-state index in [2.05, 4.69) is 0 Å². The molecule has 7 unspecified atom stereocenters. The number of aliphatic hydroxyl groups excluding tert-OH is 2. The fourth-order valence-electron chi connectivity index (χ4n) is 8.28. The lowest BCUT2D eigenvalue weighted by Gasteiger charge is -2.45. The second-order valence-corrected chi connectivity index (χ2v) is 10.6. The third-order valence-electron chi connectivity index (χ3n) is 8.66. The lowest BCUT2D eigenvalue weighted by atomic mass is 9.52. The van der Waals surface area contributed by atoms with Gasteiger partial charge in [-0.1, -0.05) is 27.7 Å². The first-order valence-corrected chi connectivity index (χ1v) is 10.1. The molecule has 11 atom stereocenters. The lowest BCUT2D eigenvalue weighted by Crippen LogP contribution is -2.59. The first-order chi connectivity index (χ1) is 13.5. The number of ether oxygens (including phenoxy) is 4. The molecule has 158 valence electrons. The molecule has 6 aliphatic rings. The van der Waals surface area contributed by atoms with Crippen LogP contribution in [0.4, 0.5) is 0 Å². The Bertz CT molecular complexity index is 878. The van der Waals surface area contributed by atoms with Crippen LogP contribution in [0, 0.1) is 34.0 Å². The Balaban J connectivity index is 1.69. The summed E-state index contributed by atoms with van der Waals surface area (Å²) in [6, 6.07) is 0. The van der Waals surface area contributed by atoms with Crippen LogP contribution < -0.4 is 0 Å². The molecule has 4 heterocycles. The van der Waals surface area contributed by atoms with E-state index >= 15 is 0 Å². The molecular formula is C20H24O9. The summed E-state index contributed by atoms with van der Waals surface area (Å²) in [5, 5.41) is 23.0. The Morgan fingerprint density at radius 3 is 2.41 bits per heavy atom. The highest BCUT2D eigenvalue weighted by Crippen LogP contribution is 2.83. The van der Waals surface area contributed by atoms with Crippen LogP contribution in [0.1, 0.15) is 34.1 Å². The fraction of sp³-hybridized carbons (Fsp3) is 0.850. The summed E-state index contributed by atoms with van der Waals surface area (Å²) in [4.78, 5) is 38.1. The number of carbonyl (C=O) groups excluding carboxylic acids is 3. The van der Waals surface area contributed by atoms with Gasteiger partial charge in [0, 0.05) is 5.92 Å². The number of esters is 3. The summed E-state index contributed by atoms with van der Waals surface area (Å²) < 4.78 is 23.0. The zero-order valence-corrected chi connectivity index (χ0v) is 16.6. The van der Waals surface area contributed by atoms with Crippen LogP contribution in [-0.2, 0) is 33.3 Å². The number of aliphatic hydroxyl groups is 2. The van der Waals surface area contributed by atoms with E-state index in [1.807, 2.05) is 20.8 Å². The van der Waals surface area contributed by atoms with Crippen molar-refractivity contribution in [2.24, 2.45) is 34.0 Å². The Kier molecular flexibility index (Phi) is 2.89. The van der Waals surface area contributed by atoms with Crippen molar-refractivity contribution in [3.8, 4) is 0 Å². The first kappa shape index (κ1) is 18.1. The van der Waals surface area contributed by atoms with Gasteiger partial charge in [-0.15, -0.1) is 0 Å². The van der Waals surface area contributed by atoms with E-state index in [1.54, 1.807) is 6.92 Å². The largest absolute Gasteiger partial charge is 0.459 e. The highest BCUT2D eigenvalue weighted by Gasteiger charge is 3.00. The van der Waals surface area contributed by atoms with Gasteiger partial charge in [0.25, 0.3) is 0 Å². The van der Waals surface area contributed by atoms with Crippen molar-refractivity contribution < 1.29 is 43.5 Å². The van der Waals surface area contributed by atoms with Crippen molar-refractivity contribution in [3.05, 3.63) is 0 Å². The third-order valence-corrected chi connectivity index (χ3v) is 8.66. The van der Waals surface area contributed by atoms with Crippen molar-refractivity contribution in [2.75, 3.05) is 0 Å². The summed E-state index contributed by atoms with van der Waals surface area (Å²) in [5.74, 6) is -3.79. The van der Waals surface area contributed by atoms with Crippen LogP contribution in [-0.4, -0.2) is 64.4 Å². The Hall–Kier alpha value is -1.71. The smallest absolute Gasteiger partial charge is 0.340 e. The topological polar surface area (TPSA) is 129 Å². The minimum Gasteiger partial charge on any atom is -0.459 e. The molecule has 0 amide bonds. The normalized spacial score (nSPS) is 59.2. The molecule has 0 aromatic carbocycles. The molecule has 9 heteroatoms. The molecule has 2 saturated carbocycles. The molecule has 0 bridgehead atoms. The van der Waals surface area contributed by atoms with E-state index in [0.29, 0.717) is 0 Å². The van der Waals surface area contributed by atoms with E-state index in [9.17, 15) is 24.6 Å². The van der Waals surface area contributed by atoms with Crippen molar-refractivity contribution in [3.63, 3.8) is 0 Å². The zero-order valence-electron chi connectivity index (χ0n) is 16.6. The predicted octanol–water partition coefficient (Wildman–Crippen LogP) is -0.484. The Morgan fingerprint density at radius 1 is 1.07 bits per heavy atom. The highest BCUT2D eigenvalue weighted by molar-refractivity contribution is 5.91. The Labute approximate surface area is 166 Å². The second kappa shape index (κ2) is 4.63. The summed E-state index contributed by atoms with van der Waals surface area (Å²) >= 11 is 0. The van der Waals surface area contributed by atoms with Gasteiger partial charge in [0.15, 0.2) is 5.60 Å². The molecule has 0 aromatic rings. The molecule has 9 nitrogen and oxygen atoms in total. The number of hydrogen-bond acceptors (Lipinski definition) is 9. The summed E-state index contributed by atoms with van der Waals surface area (Å²) in [6.07, 6.45) is -5.71. The van der Waals surface area contributed by atoms with Gasteiger partial charge in [-0.3, -0.25) is 9.59 Å². The molecule has 6 fully saturated rings. The quantitative estimate of drug-likeness (QED) is 0.403. The average molecular weight is 408 g/mol. The molecule has 29 heavy (non-hydrogen) atoms. The van der Waals surface area contributed by atoms with Crippen LogP contribution in [0.25, 0.3) is 0 Å². The number of fused-ring (bicyclic) bond motifs is 1.